The molecule has 0 atom stereocenters. The van der Waals surface area contributed by atoms with Gasteiger partial charge in [0, 0.05) is 17.4 Å². The Morgan fingerprint density at radius 3 is 2.79 bits per heavy atom. The number of benzene rings is 1. The Morgan fingerprint density at radius 1 is 1.32 bits per heavy atom. The lowest BCUT2D eigenvalue weighted by Gasteiger charge is -2.08. The molecular weight excluding hydrogens is 242 g/mol. The average Bonchev–Trinajstić information content (AvgIpc) is 2.38. The Bertz CT molecular complexity index is 611. The van der Waals surface area contributed by atoms with E-state index in [4.69, 9.17) is 0 Å². The molecule has 0 aliphatic carbocycles. The summed E-state index contributed by atoms with van der Waals surface area (Å²) in [5.74, 6) is 0.276. The summed E-state index contributed by atoms with van der Waals surface area (Å²) in [7, 11) is 0. The smallest absolute Gasteiger partial charge is 0.311 e. The van der Waals surface area contributed by atoms with Crippen LogP contribution in [0.4, 0.5) is 17.2 Å². The van der Waals surface area contributed by atoms with Crippen LogP contribution in [0.1, 0.15) is 18.2 Å². The van der Waals surface area contributed by atoms with Gasteiger partial charge in [0.15, 0.2) is 0 Å². The lowest BCUT2D eigenvalue weighted by Crippen LogP contribution is -2.01. The molecule has 0 radical (unpaired) electrons. The summed E-state index contributed by atoms with van der Waals surface area (Å²) in [6.07, 6.45) is 0.916. The van der Waals surface area contributed by atoms with E-state index in [0.717, 1.165) is 17.8 Å². The van der Waals surface area contributed by atoms with Crippen molar-refractivity contribution < 1.29 is 4.92 Å². The molecule has 2 aromatic rings. The number of hydrogen-bond acceptors (Lipinski definition) is 4. The van der Waals surface area contributed by atoms with Gasteiger partial charge < -0.3 is 5.32 Å². The highest BCUT2D eigenvalue weighted by Crippen LogP contribution is 2.26. The van der Waals surface area contributed by atoms with Crippen molar-refractivity contribution in [3.63, 3.8) is 0 Å². The molecule has 98 valence electrons. The fourth-order valence-electron chi connectivity index (χ4n) is 1.79. The molecule has 0 aliphatic rings. The molecular formula is C14H15N3O2. The van der Waals surface area contributed by atoms with Gasteiger partial charge in [-0.25, -0.2) is 4.98 Å². The van der Waals surface area contributed by atoms with Crippen LogP contribution in [0.15, 0.2) is 36.4 Å². The number of aryl methyl sites for hydroxylation is 2. The molecule has 1 heterocycles. The summed E-state index contributed by atoms with van der Waals surface area (Å²) in [6.45, 7) is 3.86. The molecule has 0 saturated heterocycles. The molecule has 0 saturated carbocycles. The Balaban J connectivity index is 2.36. The lowest BCUT2D eigenvalue weighted by molar-refractivity contribution is -0.384. The van der Waals surface area contributed by atoms with Crippen molar-refractivity contribution in [2.24, 2.45) is 0 Å². The van der Waals surface area contributed by atoms with Crippen LogP contribution in [0.5, 0.6) is 0 Å². The van der Waals surface area contributed by atoms with Crippen LogP contribution in [-0.4, -0.2) is 9.91 Å². The number of rotatable bonds is 4. The molecule has 5 nitrogen and oxygen atoms in total. The van der Waals surface area contributed by atoms with Gasteiger partial charge >= 0.3 is 5.69 Å². The molecule has 0 unspecified atom stereocenters. The van der Waals surface area contributed by atoms with Gasteiger partial charge in [-0.1, -0.05) is 19.1 Å². The van der Waals surface area contributed by atoms with Crippen LogP contribution in [-0.2, 0) is 6.42 Å². The minimum atomic E-state index is -0.432. The zero-order chi connectivity index (χ0) is 13.8. The second-order valence-corrected chi connectivity index (χ2v) is 4.26. The third-order valence-corrected chi connectivity index (χ3v) is 2.81. The van der Waals surface area contributed by atoms with Crippen LogP contribution in [0, 0.1) is 17.0 Å². The maximum atomic E-state index is 11.0. The maximum absolute atomic E-state index is 11.0. The zero-order valence-corrected chi connectivity index (χ0v) is 10.9. The van der Waals surface area contributed by atoms with Crippen LogP contribution < -0.4 is 5.32 Å². The second kappa shape index (κ2) is 5.48. The molecule has 0 amide bonds. The van der Waals surface area contributed by atoms with E-state index in [-0.39, 0.29) is 11.5 Å². The van der Waals surface area contributed by atoms with Crippen molar-refractivity contribution in [1.29, 1.82) is 0 Å². The molecule has 0 aliphatic heterocycles. The first-order valence-corrected chi connectivity index (χ1v) is 6.08. The molecule has 0 bridgehead atoms. The zero-order valence-electron chi connectivity index (χ0n) is 10.9. The third-order valence-electron chi connectivity index (χ3n) is 2.81. The molecule has 19 heavy (non-hydrogen) atoms. The molecule has 1 aromatic heterocycles. The quantitative estimate of drug-likeness (QED) is 0.671. The fraction of sp³-hybridized carbons (Fsp3) is 0.214. The monoisotopic (exact) mass is 257 g/mol. The summed E-state index contributed by atoms with van der Waals surface area (Å²) in [5, 5.41) is 14.0. The maximum Gasteiger partial charge on any atom is 0.311 e. The topological polar surface area (TPSA) is 68.1 Å². The molecule has 0 spiro atoms. The first kappa shape index (κ1) is 13.0. The molecule has 1 N–H and O–H groups in total. The summed E-state index contributed by atoms with van der Waals surface area (Å²) in [4.78, 5) is 14.7. The van der Waals surface area contributed by atoms with Gasteiger partial charge in [-0.3, -0.25) is 10.1 Å². The van der Waals surface area contributed by atoms with Gasteiger partial charge in [0.05, 0.1) is 4.92 Å². The number of pyridine rings is 1. The number of nitrogens with zero attached hydrogens (tertiary/aromatic N) is 2. The number of aromatic nitrogens is 1. The molecule has 5 heteroatoms. The van der Waals surface area contributed by atoms with Crippen molar-refractivity contribution in [3.05, 3.63) is 57.8 Å². The first-order chi connectivity index (χ1) is 9.10. The van der Waals surface area contributed by atoms with E-state index in [2.05, 4.69) is 17.2 Å². The lowest BCUT2D eigenvalue weighted by atomic mass is 10.1. The largest absolute Gasteiger partial charge is 0.334 e. The SMILES string of the molecule is CCc1cccc(Nc2nc(C)ccc2[N+](=O)[O-])c1. The highest BCUT2D eigenvalue weighted by Gasteiger charge is 2.15. The predicted molar refractivity (Wildman–Crippen MR) is 74.7 cm³/mol. The highest BCUT2D eigenvalue weighted by molar-refractivity contribution is 5.65. The normalized spacial score (nSPS) is 10.2. The van der Waals surface area contributed by atoms with E-state index in [0.29, 0.717) is 0 Å². The van der Waals surface area contributed by atoms with E-state index in [1.165, 1.54) is 11.6 Å². The summed E-state index contributed by atoms with van der Waals surface area (Å²) < 4.78 is 0. The van der Waals surface area contributed by atoms with E-state index < -0.39 is 4.92 Å². The van der Waals surface area contributed by atoms with Crippen molar-refractivity contribution in [1.82, 2.24) is 4.98 Å². The number of nitro groups is 1. The van der Waals surface area contributed by atoms with Crippen molar-refractivity contribution >= 4 is 17.2 Å². The predicted octanol–water partition coefficient (Wildman–Crippen LogP) is 3.60. The van der Waals surface area contributed by atoms with Gasteiger partial charge in [0.1, 0.15) is 0 Å². The van der Waals surface area contributed by atoms with E-state index in [1.807, 2.05) is 24.3 Å². The van der Waals surface area contributed by atoms with Crippen LogP contribution in [0.3, 0.4) is 0 Å². The fourth-order valence-corrected chi connectivity index (χ4v) is 1.79. The minimum absolute atomic E-state index is 0.0208. The van der Waals surface area contributed by atoms with Crippen LogP contribution in [0.25, 0.3) is 0 Å². The molecule has 1 aromatic carbocycles. The number of nitrogens with one attached hydrogen (secondary N) is 1. The third kappa shape index (κ3) is 3.07. The van der Waals surface area contributed by atoms with Crippen LogP contribution >= 0.6 is 0 Å². The average molecular weight is 257 g/mol. The highest BCUT2D eigenvalue weighted by atomic mass is 16.6. The minimum Gasteiger partial charge on any atom is -0.334 e. The second-order valence-electron chi connectivity index (χ2n) is 4.26. The van der Waals surface area contributed by atoms with Crippen molar-refractivity contribution in [3.8, 4) is 0 Å². The van der Waals surface area contributed by atoms with E-state index >= 15 is 0 Å². The molecule has 2 rings (SSSR count). The van der Waals surface area contributed by atoms with Gasteiger partial charge in [0.25, 0.3) is 0 Å². The number of anilines is 2. The van der Waals surface area contributed by atoms with Crippen molar-refractivity contribution in [2.75, 3.05) is 5.32 Å². The van der Waals surface area contributed by atoms with E-state index in [9.17, 15) is 10.1 Å². The van der Waals surface area contributed by atoms with Gasteiger partial charge in [-0.15, -0.1) is 0 Å². The standard InChI is InChI=1S/C14H15N3O2/c1-3-11-5-4-6-12(9-11)16-14-13(17(18)19)8-7-10(2)15-14/h4-9H,3H2,1-2H3,(H,15,16). The Hall–Kier alpha value is -2.43. The molecule has 0 fully saturated rings. The Labute approximate surface area is 111 Å². The number of hydrogen-bond donors (Lipinski definition) is 1. The van der Waals surface area contributed by atoms with Crippen LogP contribution in [0.2, 0.25) is 0 Å². The Morgan fingerprint density at radius 2 is 2.11 bits per heavy atom. The summed E-state index contributed by atoms with van der Waals surface area (Å²) >= 11 is 0. The summed E-state index contributed by atoms with van der Waals surface area (Å²) in [6, 6.07) is 10.9. The summed E-state index contributed by atoms with van der Waals surface area (Å²) in [5.41, 5.74) is 2.69. The van der Waals surface area contributed by atoms with Gasteiger partial charge in [0.2, 0.25) is 5.82 Å². The van der Waals surface area contributed by atoms with Crippen molar-refractivity contribution in [2.45, 2.75) is 20.3 Å². The van der Waals surface area contributed by atoms with E-state index in [1.54, 1.807) is 13.0 Å². The Kier molecular flexibility index (Phi) is 3.75. The first-order valence-electron chi connectivity index (χ1n) is 6.08. The van der Waals surface area contributed by atoms with Gasteiger partial charge in [-0.05, 0) is 37.1 Å². The van der Waals surface area contributed by atoms with Gasteiger partial charge in [-0.2, -0.15) is 0 Å².